The Bertz CT molecular complexity index is 249. The molecule has 0 radical (unpaired) electrons. The molecule has 1 saturated heterocycles. The van der Waals surface area contributed by atoms with Crippen molar-refractivity contribution in [2.75, 3.05) is 19.6 Å². The molecule has 1 aliphatic heterocycles. The van der Waals surface area contributed by atoms with Crippen molar-refractivity contribution >= 4 is 0 Å². The molecule has 0 spiro atoms. The zero-order valence-corrected chi connectivity index (χ0v) is 11.3. The summed E-state index contributed by atoms with van der Waals surface area (Å²) < 4.78 is 0. The molecular weight excluding hydrogens is 208 g/mol. The third-order valence-corrected chi connectivity index (χ3v) is 5.23. The number of nitrogens with one attached hydrogen (secondary N) is 1. The van der Waals surface area contributed by atoms with Crippen LogP contribution in [0.2, 0.25) is 0 Å². The van der Waals surface area contributed by atoms with Gasteiger partial charge in [-0.1, -0.05) is 19.3 Å². The zero-order chi connectivity index (χ0) is 11.7. The van der Waals surface area contributed by atoms with Crippen LogP contribution in [-0.2, 0) is 0 Å². The highest BCUT2D eigenvalue weighted by molar-refractivity contribution is 4.87. The normalized spacial score (nSPS) is 36.5. The molecule has 0 bridgehead atoms. The Labute approximate surface area is 106 Å². The second-order valence-electron chi connectivity index (χ2n) is 6.62. The molecule has 2 heteroatoms. The molecule has 0 aromatic rings. The quantitative estimate of drug-likeness (QED) is 0.807. The summed E-state index contributed by atoms with van der Waals surface area (Å²) in [6.45, 7) is 6.37. The fourth-order valence-corrected chi connectivity index (χ4v) is 3.78. The first-order chi connectivity index (χ1) is 8.33. The number of fused-ring (bicyclic) bond motifs is 1. The third-order valence-electron chi connectivity index (χ3n) is 5.23. The van der Waals surface area contributed by atoms with Gasteiger partial charge in [-0.3, -0.25) is 4.90 Å². The highest BCUT2D eigenvalue weighted by Crippen LogP contribution is 2.36. The molecule has 0 aromatic heterocycles. The Kier molecular flexibility index (Phi) is 3.72. The van der Waals surface area contributed by atoms with Crippen molar-refractivity contribution in [2.45, 2.75) is 64.0 Å². The van der Waals surface area contributed by atoms with Gasteiger partial charge < -0.3 is 5.32 Å². The second-order valence-corrected chi connectivity index (χ2v) is 6.62. The van der Waals surface area contributed by atoms with Crippen LogP contribution in [0.4, 0.5) is 0 Å². The number of hydrogen-bond donors (Lipinski definition) is 1. The van der Waals surface area contributed by atoms with Gasteiger partial charge in [0.2, 0.25) is 0 Å². The summed E-state index contributed by atoms with van der Waals surface area (Å²) in [6, 6.07) is 1.61. The van der Waals surface area contributed by atoms with Gasteiger partial charge in [-0.15, -0.1) is 0 Å². The van der Waals surface area contributed by atoms with Gasteiger partial charge in [0.05, 0.1) is 0 Å². The van der Waals surface area contributed by atoms with Crippen LogP contribution < -0.4 is 5.32 Å². The monoisotopic (exact) mass is 236 g/mol. The van der Waals surface area contributed by atoms with Crippen molar-refractivity contribution in [2.24, 2.45) is 11.8 Å². The fourth-order valence-electron chi connectivity index (χ4n) is 3.78. The second kappa shape index (κ2) is 5.27. The lowest BCUT2D eigenvalue weighted by molar-refractivity contribution is 0.0616. The Balaban J connectivity index is 1.46. The van der Waals surface area contributed by atoms with Gasteiger partial charge in [-0.05, 0) is 51.0 Å². The van der Waals surface area contributed by atoms with E-state index >= 15 is 0 Å². The summed E-state index contributed by atoms with van der Waals surface area (Å²) in [4.78, 5) is 2.75. The van der Waals surface area contributed by atoms with E-state index in [2.05, 4.69) is 17.1 Å². The molecule has 3 atom stereocenters. The average molecular weight is 236 g/mol. The van der Waals surface area contributed by atoms with Crippen molar-refractivity contribution < 1.29 is 0 Å². The molecule has 3 unspecified atom stereocenters. The predicted molar refractivity (Wildman–Crippen MR) is 72.1 cm³/mol. The van der Waals surface area contributed by atoms with Crippen molar-refractivity contribution in [3.63, 3.8) is 0 Å². The lowest BCUT2D eigenvalue weighted by Crippen LogP contribution is -2.49. The lowest BCUT2D eigenvalue weighted by Gasteiger charge is -2.43. The third kappa shape index (κ3) is 3.03. The van der Waals surface area contributed by atoms with Crippen LogP contribution in [-0.4, -0.2) is 36.6 Å². The maximum atomic E-state index is 3.68. The smallest absolute Gasteiger partial charge is 0.0192 e. The minimum absolute atomic E-state index is 0.749. The molecule has 1 N–H and O–H groups in total. The van der Waals surface area contributed by atoms with Crippen LogP contribution in [0.25, 0.3) is 0 Å². The van der Waals surface area contributed by atoms with E-state index in [1.54, 1.807) is 0 Å². The van der Waals surface area contributed by atoms with E-state index in [9.17, 15) is 0 Å². The van der Waals surface area contributed by atoms with Crippen LogP contribution in [0.3, 0.4) is 0 Å². The molecule has 2 saturated carbocycles. The van der Waals surface area contributed by atoms with E-state index in [1.165, 1.54) is 64.6 Å². The molecule has 1 heterocycles. The summed E-state index contributed by atoms with van der Waals surface area (Å²) >= 11 is 0. The average Bonchev–Trinajstić information content (AvgIpc) is 3.19. The first-order valence-corrected chi connectivity index (χ1v) is 7.80. The Morgan fingerprint density at radius 2 is 1.82 bits per heavy atom. The van der Waals surface area contributed by atoms with Crippen molar-refractivity contribution in [3.8, 4) is 0 Å². The molecule has 3 fully saturated rings. The predicted octanol–water partition coefficient (Wildman–Crippen LogP) is 2.64. The van der Waals surface area contributed by atoms with Gasteiger partial charge in [-0.2, -0.15) is 0 Å². The molecule has 3 rings (SSSR count). The summed E-state index contributed by atoms with van der Waals surface area (Å²) in [6.07, 6.45) is 10.3. The van der Waals surface area contributed by atoms with Crippen LogP contribution in [0, 0.1) is 11.8 Å². The first-order valence-electron chi connectivity index (χ1n) is 7.80. The Morgan fingerprint density at radius 3 is 2.59 bits per heavy atom. The highest BCUT2D eigenvalue weighted by atomic mass is 15.2. The van der Waals surface area contributed by atoms with E-state index in [-0.39, 0.29) is 0 Å². The Hall–Kier alpha value is -0.0800. The summed E-state index contributed by atoms with van der Waals surface area (Å²) in [5.41, 5.74) is 0. The molecule has 0 amide bonds. The van der Waals surface area contributed by atoms with Gasteiger partial charge >= 0.3 is 0 Å². The van der Waals surface area contributed by atoms with E-state index in [0.29, 0.717) is 0 Å². The number of piperidine rings is 1. The van der Waals surface area contributed by atoms with Crippen molar-refractivity contribution in [1.82, 2.24) is 10.2 Å². The standard InChI is InChI=1S/C15H28N2/c1-12(10-16-15-6-7-15)17-9-8-13-4-2-3-5-14(13)11-17/h12-16H,2-11H2,1H3. The minimum atomic E-state index is 0.749. The van der Waals surface area contributed by atoms with E-state index < -0.39 is 0 Å². The van der Waals surface area contributed by atoms with Gasteiger partial charge in [0.15, 0.2) is 0 Å². The Morgan fingerprint density at radius 1 is 1.06 bits per heavy atom. The summed E-state index contributed by atoms with van der Waals surface area (Å²) in [5, 5.41) is 3.68. The van der Waals surface area contributed by atoms with E-state index in [4.69, 9.17) is 0 Å². The van der Waals surface area contributed by atoms with Crippen LogP contribution >= 0.6 is 0 Å². The first kappa shape index (κ1) is 12.0. The molecular formula is C15H28N2. The van der Waals surface area contributed by atoms with Gasteiger partial charge in [0.1, 0.15) is 0 Å². The minimum Gasteiger partial charge on any atom is -0.312 e. The number of nitrogens with zero attached hydrogens (tertiary/aromatic N) is 1. The topological polar surface area (TPSA) is 15.3 Å². The number of hydrogen-bond acceptors (Lipinski definition) is 2. The van der Waals surface area contributed by atoms with Gasteiger partial charge in [0, 0.05) is 25.2 Å². The molecule has 98 valence electrons. The molecule has 2 aliphatic carbocycles. The largest absolute Gasteiger partial charge is 0.312 e. The highest BCUT2D eigenvalue weighted by Gasteiger charge is 2.33. The number of rotatable bonds is 4. The summed E-state index contributed by atoms with van der Waals surface area (Å²) in [5.74, 6) is 2.10. The van der Waals surface area contributed by atoms with Crippen molar-refractivity contribution in [3.05, 3.63) is 0 Å². The molecule has 0 aromatic carbocycles. The maximum Gasteiger partial charge on any atom is 0.0192 e. The summed E-state index contributed by atoms with van der Waals surface area (Å²) in [7, 11) is 0. The SMILES string of the molecule is CC(CNC1CC1)N1CCC2CCCCC2C1. The molecule has 17 heavy (non-hydrogen) atoms. The fraction of sp³-hybridized carbons (Fsp3) is 1.00. The molecule has 3 aliphatic rings. The van der Waals surface area contributed by atoms with E-state index in [0.717, 1.165) is 23.9 Å². The number of likely N-dealkylation sites (tertiary alicyclic amines) is 1. The van der Waals surface area contributed by atoms with Crippen molar-refractivity contribution in [1.29, 1.82) is 0 Å². The lowest BCUT2D eigenvalue weighted by atomic mass is 9.75. The van der Waals surface area contributed by atoms with E-state index in [1.807, 2.05) is 0 Å². The van der Waals surface area contributed by atoms with Gasteiger partial charge in [-0.25, -0.2) is 0 Å². The van der Waals surface area contributed by atoms with Crippen LogP contribution in [0.1, 0.15) is 51.9 Å². The molecule has 2 nitrogen and oxygen atoms in total. The zero-order valence-electron chi connectivity index (χ0n) is 11.3. The maximum absolute atomic E-state index is 3.68. The van der Waals surface area contributed by atoms with Crippen LogP contribution in [0.5, 0.6) is 0 Å². The van der Waals surface area contributed by atoms with Gasteiger partial charge in [0.25, 0.3) is 0 Å². The van der Waals surface area contributed by atoms with Crippen LogP contribution in [0.15, 0.2) is 0 Å².